The summed E-state index contributed by atoms with van der Waals surface area (Å²) < 4.78 is 0. The molecule has 80 valence electrons. The van der Waals surface area contributed by atoms with Crippen molar-refractivity contribution in [2.24, 2.45) is 0 Å². The molecule has 0 amide bonds. The van der Waals surface area contributed by atoms with Crippen LogP contribution in [-0.4, -0.2) is 33.7 Å². The van der Waals surface area contributed by atoms with E-state index in [-0.39, 0.29) is 5.56 Å². The SMILES string of the molecule is O=C(O)C(=O)c1cccc(C(O)CO)c1. The lowest BCUT2D eigenvalue weighted by atomic mass is 10.0. The van der Waals surface area contributed by atoms with Crippen molar-refractivity contribution in [2.75, 3.05) is 6.61 Å². The highest BCUT2D eigenvalue weighted by molar-refractivity contribution is 6.39. The Kier molecular flexibility index (Phi) is 3.54. The van der Waals surface area contributed by atoms with Crippen LogP contribution in [0.5, 0.6) is 0 Å². The van der Waals surface area contributed by atoms with Gasteiger partial charge >= 0.3 is 5.97 Å². The van der Waals surface area contributed by atoms with Crippen molar-refractivity contribution < 1.29 is 24.9 Å². The number of carbonyl (C=O) groups is 2. The molecule has 0 heterocycles. The quantitative estimate of drug-likeness (QED) is 0.479. The number of aliphatic hydroxyl groups excluding tert-OH is 2. The van der Waals surface area contributed by atoms with Crippen LogP contribution in [0.25, 0.3) is 0 Å². The molecule has 0 aliphatic heterocycles. The molecule has 0 saturated heterocycles. The Hall–Kier alpha value is -1.72. The zero-order valence-electron chi connectivity index (χ0n) is 7.75. The summed E-state index contributed by atoms with van der Waals surface area (Å²) in [5.41, 5.74) is 0.289. The molecule has 15 heavy (non-hydrogen) atoms. The Balaban J connectivity index is 3.02. The molecule has 1 rings (SSSR count). The molecule has 1 atom stereocenters. The maximum Gasteiger partial charge on any atom is 0.377 e. The predicted molar refractivity (Wildman–Crippen MR) is 50.5 cm³/mol. The maximum atomic E-state index is 11.1. The van der Waals surface area contributed by atoms with E-state index in [1.165, 1.54) is 24.3 Å². The lowest BCUT2D eigenvalue weighted by molar-refractivity contribution is -0.131. The van der Waals surface area contributed by atoms with Crippen LogP contribution in [0.3, 0.4) is 0 Å². The number of carbonyl (C=O) groups excluding carboxylic acids is 1. The fourth-order valence-electron chi connectivity index (χ4n) is 1.12. The number of aliphatic hydroxyl groups is 2. The molecule has 5 heteroatoms. The molecule has 1 aromatic carbocycles. The second-order valence-corrected chi connectivity index (χ2v) is 2.96. The Labute approximate surface area is 85.6 Å². The molecule has 0 fully saturated rings. The summed E-state index contributed by atoms with van der Waals surface area (Å²) in [7, 11) is 0. The van der Waals surface area contributed by atoms with Gasteiger partial charge < -0.3 is 15.3 Å². The summed E-state index contributed by atoms with van der Waals surface area (Å²) in [6, 6.07) is 5.53. The van der Waals surface area contributed by atoms with Crippen molar-refractivity contribution in [3.8, 4) is 0 Å². The van der Waals surface area contributed by atoms with Crippen LogP contribution >= 0.6 is 0 Å². The van der Waals surface area contributed by atoms with Crippen LogP contribution in [0.2, 0.25) is 0 Å². The van der Waals surface area contributed by atoms with Gasteiger partial charge in [0.2, 0.25) is 0 Å². The first kappa shape index (κ1) is 11.4. The third-order valence-electron chi connectivity index (χ3n) is 1.90. The first-order valence-electron chi connectivity index (χ1n) is 4.22. The number of rotatable bonds is 4. The van der Waals surface area contributed by atoms with Crippen LogP contribution < -0.4 is 0 Å². The van der Waals surface area contributed by atoms with E-state index in [9.17, 15) is 14.7 Å². The largest absolute Gasteiger partial charge is 0.475 e. The van der Waals surface area contributed by atoms with Gasteiger partial charge in [-0.05, 0) is 11.6 Å². The van der Waals surface area contributed by atoms with Gasteiger partial charge in [-0.15, -0.1) is 0 Å². The Morgan fingerprint density at radius 3 is 2.53 bits per heavy atom. The van der Waals surface area contributed by atoms with E-state index in [1.807, 2.05) is 0 Å². The molecule has 0 aliphatic rings. The van der Waals surface area contributed by atoms with Crippen LogP contribution in [0.15, 0.2) is 24.3 Å². The van der Waals surface area contributed by atoms with Crippen LogP contribution in [0, 0.1) is 0 Å². The number of hydrogen-bond acceptors (Lipinski definition) is 4. The van der Waals surface area contributed by atoms with E-state index in [2.05, 4.69) is 0 Å². The number of carboxylic acids is 1. The molecule has 0 radical (unpaired) electrons. The van der Waals surface area contributed by atoms with E-state index in [0.717, 1.165) is 0 Å². The van der Waals surface area contributed by atoms with Crippen molar-refractivity contribution in [3.63, 3.8) is 0 Å². The van der Waals surface area contributed by atoms with Gasteiger partial charge in [0.1, 0.15) is 6.10 Å². The molecule has 0 bridgehead atoms. The van der Waals surface area contributed by atoms with Crippen molar-refractivity contribution in [3.05, 3.63) is 35.4 Å². The fraction of sp³-hybridized carbons (Fsp3) is 0.200. The van der Waals surface area contributed by atoms with Crippen molar-refractivity contribution in [1.29, 1.82) is 0 Å². The molecule has 1 unspecified atom stereocenters. The summed E-state index contributed by atoms with van der Waals surface area (Å²) in [5, 5.41) is 26.4. The van der Waals surface area contributed by atoms with Gasteiger partial charge in [0, 0.05) is 5.56 Å². The number of benzene rings is 1. The van der Waals surface area contributed by atoms with Gasteiger partial charge in [-0.1, -0.05) is 18.2 Å². The average Bonchev–Trinajstić information content (AvgIpc) is 2.27. The zero-order chi connectivity index (χ0) is 11.4. The minimum atomic E-state index is -1.55. The summed E-state index contributed by atoms with van der Waals surface area (Å²) in [6.45, 7) is -0.481. The minimum absolute atomic E-state index is 0.0208. The predicted octanol–water partition coefficient (Wildman–Crippen LogP) is -0.0204. The highest BCUT2D eigenvalue weighted by atomic mass is 16.4. The number of aliphatic carboxylic acids is 1. The van der Waals surface area contributed by atoms with Gasteiger partial charge in [-0.3, -0.25) is 4.79 Å². The zero-order valence-corrected chi connectivity index (χ0v) is 7.75. The first-order valence-corrected chi connectivity index (χ1v) is 4.22. The number of hydrogen-bond donors (Lipinski definition) is 3. The number of carboxylic acid groups (broad SMARTS) is 1. The van der Waals surface area contributed by atoms with Crippen LogP contribution in [0.4, 0.5) is 0 Å². The van der Waals surface area contributed by atoms with E-state index in [0.29, 0.717) is 5.56 Å². The fourth-order valence-corrected chi connectivity index (χ4v) is 1.12. The van der Waals surface area contributed by atoms with E-state index in [1.54, 1.807) is 0 Å². The smallest absolute Gasteiger partial charge is 0.377 e. The van der Waals surface area contributed by atoms with Crippen molar-refractivity contribution in [2.45, 2.75) is 6.10 Å². The summed E-state index contributed by atoms with van der Waals surface area (Å²) in [6.07, 6.45) is -1.11. The maximum absolute atomic E-state index is 11.1. The number of Topliss-reactive ketones (excluding diaryl/α,β-unsaturated/α-hetero) is 1. The molecule has 0 saturated carbocycles. The normalized spacial score (nSPS) is 12.1. The molecule has 0 spiro atoms. The van der Waals surface area contributed by atoms with Gasteiger partial charge in [0.25, 0.3) is 5.78 Å². The Bertz CT molecular complexity index is 385. The van der Waals surface area contributed by atoms with Gasteiger partial charge in [-0.25, -0.2) is 4.79 Å². The summed E-state index contributed by atoms with van der Waals surface area (Å²) in [5.74, 6) is -2.59. The standard InChI is InChI=1S/C10H10O5/c11-5-8(12)6-2-1-3-7(4-6)9(13)10(14)15/h1-4,8,11-12H,5H2,(H,14,15). The topological polar surface area (TPSA) is 94.8 Å². The van der Waals surface area contributed by atoms with Crippen molar-refractivity contribution in [1.82, 2.24) is 0 Å². The molecule has 1 aromatic rings. The highest BCUT2D eigenvalue weighted by Crippen LogP contribution is 2.14. The molecule has 0 aliphatic carbocycles. The molecular formula is C10H10O5. The van der Waals surface area contributed by atoms with Gasteiger partial charge in [-0.2, -0.15) is 0 Å². The molecule has 3 N–H and O–H groups in total. The second kappa shape index (κ2) is 4.68. The summed E-state index contributed by atoms with van der Waals surface area (Å²) >= 11 is 0. The van der Waals surface area contributed by atoms with E-state index < -0.39 is 24.5 Å². The van der Waals surface area contributed by atoms with Crippen molar-refractivity contribution >= 4 is 11.8 Å². The van der Waals surface area contributed by atoms with Gasteiger partial charge in [0.15, 0.2) is 0 Å². The monoisotopic (exact) mass is 210 g/mol. The Morgan fingerprint density at radius 2 is 2.00 bits per heavy atom. The van der Waals surface area contributed by atoms with E-state index >= 15 is 0 Å². The highest BCUT2D eigenvalue weighted by Gasteiger charge is 2.15. The lowest BCUT2D eigenvalue weighted by Gasteiger charge is -2.07. The third kappa shape index (κ3) is 2.61. The van der Waals surface area contributed by atoms with Crippen LogP contribution in [0.1, 0.15) is 22.0 Å². The second-order valence-electron chi connectivity index (χ2n) is 2.96. The average molecular weight is 210 g/mol. The summed E-state index contributed by atoms with van der Waals surface area (Å²) in [4.78, 5) is 21.5. The lowest BCUT2D eigenvalue weighted by Crippen LogP contribution is -2.13. The first-order chi connectivity index (χ1) is 7.06. The Morgan fingerprint density at radius 1 is 1.33 bits per heavy atom. The number of ketones is 1. The molecular weight excluding hydrogens is 200 g/mol. The molecule has 0 aromatic heterocycles. The van der Waals surface area contributed by atoms with Crippen LogP contribution in [-0.2, 0) is 4.79 Å². The third-order valence-corrected chi connectivity index (χ3v) is 1.90. The molecule has 5 nitrogen and oxygen atoms in total. The minimum Gasteiger partial charge on any atom is -0.475 e. The van der Waals surface area contributed by atoms with E-state index in [4.69, 9.17) is 10.2 Å². The van der Waals surface area contributed by atoms with Gasteiger partial charge in [0.05, 0.1) is 6.61 Å².